The summed E-state index contributed by atoms with van der Waals surface area (Å²) in [6, 6.07) is 13.5. The quantitative estimate of drug-likeness (QED) is 0.770. The number of amides is 2. The summed E-state index contributed by atoms with van der Waals surface area (Å²) >= 11 is 0. The summed E-state index contributed by atoms with van der Waals surface area (Å²) in [6.45, 7) is 0.390. The van der Waals surface area contributed by atoms with E-state index in [9.17, 15) is 9.59 Å². The third kappa shape index (κ3) is 3.90. The van der Waals surface area contributed by atoms with E-state index in [4.69, 9.17) is 10.8 Å². The zero-order chi connectivity index (χ0) is 15.2. The number of primary amides is 1. The average Bonchev–Trinajstić information content (AvgIpc) is 2.53. The second-order valence-corrected chi connectivity index (χ2v) is 4.60. The maximum atomic E-state index is 12.0. The standard InChI is InChI=1S/C16H16N2O3/c17-15(20)13-5-7-14(8-6-13)16(21)18-9-11-1-3-12(10-19)4-2-11/h1-8,19H,9-10H2,(H2,17,20)(H,18,21). The number of hydrogen-bond donors (Lipinski definition) is 3. The van der Waals surface area contributed by atoms with Crippen LogP contribution in [0, 0.1) is 0 Å². The minimum absolute atomic E-state index is 0.00114. The molecule has 0 heterocycles. The van der Waals surface area contributed by atoms with E-state index in [-0.39, 0.29) is 12.5 Å². The minimum Gasteiger partial charge on any atom is -0.392 e. The molecule has 0 aliphatic carbocycles. The molecule has 0 spiro atoms. The Morgan fingerprint density at radius 3 is 1.95 bits per heavy atom. The van der Waals surface area contributed by atoms with E-state index in [0.717, 1.165) is 11.1 Å². The first-order valence-electron chi connectivity index (χ1n) is 6.47. The lowest BCUT2D eigenvalue weighted by molar-refractivity contribution is 0.0948. The number of carbonyl (C=O) groups excluding carboxylic acids is 2. The van der Waals surface area contributed by atoms with Crippen LogP contribution in [0.4, 0.5) is 0 Å². The predicted octanol–water partition coefficient (Wildman–Crippen LogP) is 1.21. The number of nitrogens with two attached hydrogens (primary N) is 1. The SMILES string of the molecule is NC(=O)c1ccc(C(=O)NCc2ccc(CO)cc2)cc1. The topological polar surface area (TPSA) is 92.4 Å². The molecule has 0 aromatic heterocycles. The smallest absolute Gasteiger partial charge is 0.251 e. The van der Waals surface area contributed by atoms with E-state index in [1.807, 2.05) is 24.3 Å². The molecule has 0 fully saturated rings. The van der Waals surface area contributed by atoms with Crippen LogP contribution in [0.5, 0.6) is 0 Å². The summed E-state index contributed by atoms with van der Waals surface area (Å²) < 4.78 is 0. The summed E-state index contributed by atoms with van der Waals surface area (Å²) in [5.74, 6) is -0.747. The molecule has 108 valence electrons. The lowest BCUT2D eigenvalue weighted by Gasteiger charge is -2.06. The summed E-state index contributed by atoms with van der Waals surface area (Å²) in [6.07, 6.45) is 0. The van der Waals surface area contributed by atoms with Crippen LogP contribution in [0.1, 0.15) is 31.8 Å². The van der Waals surface area contributed by atoms with Gasteiger partial charge in [0.25, 0.3) is 5.91 Å². The van der Waals surface area contributed by atoms with Gasteiger partial charge in [-0.2, -0.15) is 0 Å². The van der Waals surface area contributed by atoms with Gasteiger partial charge in [-0.1, -0.05) is 24.3 Å². The van der Waals surface area contributed by atoms with Crippen molar-refractivity contribution in [2.75, 3.05) is 0 Å². The van der Waals surface area contributed by atoms with Crippen molar-refractivity contribution in [2.45, 2.75) is 13.2 Å². The van der Waals surface area contributed by atoms with E-state index in [1.54, 1.807) is 12.1 Å². The van der Waals surface area contributed by atoms with E-state index in [0.29, 0.717) is 17.7 Å². The van der Waals surface area contributed by atoms with Crippen molar-refractivity contribution in [1.82, 2.24) is 5.32 Å². The molecule has 0 saturated heterocycles. The lowest BCUT2D eigenvalue weighted by Crippen LogP contribution is -2.23. The van der Waals surface area contributed by atoms with Crippen molar-refractivity contribution >= 4 is 11.8 Å². The largest absolute Gasteiger partial charge is 0.392 e. The number of carbonyl (C=O) groups is 2. The molecule has 0 aliphatic heterocycles. The summed E-state index contributed by atoms with van der Waals surface area (Å²) in [5.41, 5.74) is 7.74. The highest BCUT2D eigenvalue weighted by atomic mass is 16.3. The van der Waals surface area contributed by atoms with E-state index >= 15 is 0 Å². The average molecular weight is 284 g/mol. The highest BCUT2D eigenvalue weighted by Gasteiger charge is 2.06. The van der Waals surface area contributed by atoms with Gasteiger partial charge in [-0.15, -0.1) is 0 Å². The van der Waals surface area contributed by atoms with Crippen LogP contribution in [0.25, 0.3) is 0 Å². The molecule has 5 heteroatoms. The van der Waals surface area contributed by atoms with Crippen molar-refractivity contribution in [3.05, 3.63) is 70.8 Å². The maximum Gasteiger partial charge on any atom is 0.251 e. The number of nitrogens with one attached hydrogen (secondary N) is 1. The lowest BCUT2D eigenvalue weighted by atomic mass is 10.1. The van der Waals surface area contributed by atoms with Crippen molar-refractivity contribution in [3.63, 3.8) is 0 Å². The highest BCUT2D eigenvalue weighted by Crippen LogP contribution is 2.06. The molecule has 2 rings (SSSR count). The number of rotatable bonds is 5. The fourth-order valence-electron chi connectivity index (χ4n) is 1.83. The zero-order valence-corrected chi connectivity index (χ0v) is 11.4. The van der Waals surface area contributed by atoms with Crippen molar-refractivity contribution in [2.24, 2.45) is 5.73 Å². The van der Waals surface area contributed by atoms with Gasteiger partial charge in [0, 0.05) is 17.7 Å². The van der Waals surface area contributed by atoms with Gasteiger partial charge >= 0.3 is 0 Å². The van der Waals surface area contributed by atoms with Gasteiger partial charge in [-0.05, 0) is 35.4 Å². The number of aliphatic hydroxyl groups excluding tert-OH is 1. The monoisotopic (exact) mass is 284 g/mol. The Labute approximate surface area is 122 Å². The molecule has 5 nitrogen and oxygen atoms in total. The van der Waals surface area contributed by atoms with Crippen LogP contribution >= 0.6 is 0 Å². The summed E-state index contributed by atoms with van der Waals surface area (Å²) in [5, 5.41) is 11.7. The molecule has 2 aromatic carbocycles. The molecule has 0 unspecified atom stereocenters. The highest BCUT2D eigenvalue weighted by molar-refractivity contribution is 5.97. The predicted molar refractivity (Wildman–Crippen MR) is 78.5 cm³/mol. The normalized spacial score (nSPS) is 10.1. The van der Waals surface area contributed by atoms with Gasteiger partial charge in [0.1, 0.15) is 0 Å². The third-order valence-corrected chi connectivity index (χ3v) is 3.09. The fraction of sp³-hybridized carbons (Fsp3) is 0.125. The fourth-order valence-corrected chi connectivity index (χ4v) is 1.83. The number of aliphatic hydroxyl groups is 1. The van der Waals surface area contributed by atoms with Crippen molar-refractivity contribution < 1.29 is 14.7 Å². The number of hydrogen-bond acceptors (Lipinski definition) is 3. The van der Waals surface area contributed by atoms with Gasteiger partial charge in [-0.25, -0.2) is 0 Å². The van der Waals surface area contributed by atoms with Crippen LogP contribution in [0.2, 0.25) is 0 Å². The zero-order valence-electron chi connectivity index (χ0n) is 11.4. The van der Waals surface area contributed by atoms with Crippen molar-refractivity contribution in [1.29, 1.82) is 0 Å². The first-order chi connectivity index (χ1) is 10.1. The molecule has 2 amide bonds. The van der Waals surface area contributed by atoms with Gasteiger partial charge in [-0.3, -0.25) is 9.59 Å². The van der Waals surface area contributed by atoms with E-state index < -0.39 is 5.91 Å². The van der Waals surface area contributed by atoms with Gasteiger partial charge in [0.15, 0.2) is 0 Å². The van der Waals surface area contributed by atoms with Crippen LogP contribution in [0.3, 0.4) is 0 Å². The molecule has 21 heavy (non-hydrogen) atoms. The molecule has 0 saturated carbocycles. The number of benzene rings is 2. The maximum absolute atomic E-state index is 12.0. The summed E-state index contributed by atoms with van der Waals surface area (Å²) in [4.78, 5) is 22.9. The molecule has 0 radical (unpaired) electrons. The third-order valence-electron chi connectivity index (χ3n) is 3.09. The van der Waals surface area contributed by atoms with Gasteiger partial charge in [0.05, 0.1) is 6.61 Å². The molecule has 2 aromatic rings. The molecular weight excluding hydrogens is 268 g/mol. The second-order valence-electron chi connectivity index (χ2n) is 4.60. The van der Waals surface area contributed by atoms with Crippen LogP contribution in [-0.4, -0.2) is 16.9 Å². The van der Waals surface area contributed by atoms with Crippen molar-refractivity contribution in [3.8, 4) is 0 Å². The van der Waals surface area contributed by atoms with Crippen LogP contribution in [-0.2, 0) is 13.2 Å². The van der Waals surface area contributed by atoms with Crippen LogP contribution < -0.4 is 11.1 Å². The Balaban J connectivity index is 1.95. The Kier molecular flexibility index (Phi) is 4.68. The first-order valence-corrected chi connectivity index (χ1v) is 6.47. The van der Waals surface area contributed by atoms with Crippen LogP contribution in [0.15, 0.2) is 48.5 Å². The molecular formula is C16H16N2O3. The Bertz CT molecular complexity index is 634. The first kappa shape index (κ1) is 14.7. The molecule has 0 aliphatic rings. The Morgan fingerprint density at radius 1 is 0.905 bits per heavy atom. The minimum atomic E-state index is -0.522. The van der Waals surface area contributed by atoms with E-state index in [2.05, 4.69) is 5.32 Å². The molecule has 0 bridgehead atoms. The Hall–Kier alpha value is -2.66. The second kappa shape index (κ2) is 6.67. The molecule has 4 N–H and O–H groups in total. The van der Waals surface area contributed by atoms with Gasteiger partial charge < -0.3 is 16.2 Å². The summed E-state index contributed by atoms with van der Waals surface area (Å²) in [7, 11) is 0. The van der Waals surface area contributed by atoms with E-state index in [1.165, 1.54) is 12.1 Å². The van der Waals surface area contributed by atoms with Gasteiger partial charge in [0.2, 0.25) is 5.91 Å². The molecule has 0 atom stereocenters. The Morgan fingerprint density at radius 2 is 1.43 bits per heavy atom.